The first kappa shape index (κ1) is 13.2. The summed E-state index contributed by atoms with van der Waals surface area (Å²) in [5.41, 5.74) is 2.30. The Kier molecular flexibility index (Phi) is 4.96. The van der Waals surface area contributed by atoms with Crippen LogP contribution in [-0.4, -0.2) is 33.3 Å². The topological polar surface area (TPSA) is 50.1 Å². The number of imidazole rings is 1. The molecular weight excluding hydrogens is 202 g/mol. The fourth-order valence-electron chi connectivity index (χ4n) is 1.78. The molecule has 0 fully saturated rings. The molecular formula is C12H23N3O. The number of aromatic nitrogens is 2. The molecule has 4 nitrogen and oxygen atoms in total. The average Bonchev–Trinajstić information content (AvgIpc) is 2.58. The second-order valence-electron chi connectivity index (χ2n) is 4.42. The number of rotatable bonds is 6. The molecule has 2 atom stereocenters. The van der Waals surface area contributed by atoms with Gasteiger partial charge in [-0.2, -0.15) is 0 Å². The number of aryl methyl sites for hydroxylation is 1. The molecule has 0 bridgehead atoms. The van der Waals surface area contributed by atoms with Crippen LogP contribution in [0.15, 0.2) is 6.33 Å². The van der Waals surface area contributed by atoms with Crippen LogP contribution < -0.4 is 5.32 Å². The summed E-state index contributed by atoms with van der Waals surface area (Å²) in [4.78, 5) is 4.27. The van der Waals surface area contributed by atoms with Crippen molar-refractivity contribution >= 4 is 0 Å². The summed E-state index contributed by atoms with van der Waals surface area (Å²) in [5, 5.41) is 12.5. The number of hydrogen-bond donors (Lipinski definition) is 2. The van der Waals surface area contributed by atoms with Crippen molar-refractivity contribution in [3.05, 3.63) is 17.7 Å². The van der Waals surface area contributed by atoms with E-state index in [2.05, 4.69) is 35.6 Å². The largest absolute Gasteiger partial charge is 0.395 e. The van der Waals surface area contributed by atoms with Crippen LogP contribution in [-0.2, 0) is 6.54 Å². The van der Waals surface area contributed by atoms with Gasteiger partial charge < -0.3 is 15.0 Å². The van der Waals surface area contributed by atoms with E-state index in [1.807, 2.05) is 13.3 Å². The highest BCUT2D eigenvalue weighted by Gasteiger charge is 2.11. The quantitative estimate of drug-likeness (QED) is 0.766. The highest BCUT2D eigenvalue weighted by molar-refractivity contribution is 5.08. The maximum absolute atomic E-state index is 9.12. The van der Waals surface area contributed by atoms with Crippen LogP contribution in [0.25, 0.3) is 0 Å². The summed E-state index contributed by atoms with van der Waals surface area (Å²) in [5.74, 6) is 0. The lowest BCUT2D eigenvalue weighted by Gasteiger charge is -2.21. The van der Waals surface area contributed by atoms with Gasteiger partial charge in [-0.15, -0.1) is 0 Å². The number of hydrogen-bond acceptors (Lipinski definition) is 3. The molecule has 0 aliphatic rings. The van der Waals surface area contributed by atoms with Crippen LogP contribution in [0.2, 0.25) is 0 Å². The first-order valence-electron chi connectivity index (χ1n) is 5.93. The monoisotopic (exact) mass is 225 g/mol. The lowest BCUT2D eigenvalue weighted by molar-refractivity contribution is 0.225. The zero-order valence-corrected chi connectivity index (χ0v) is 10.7. The first-order valence-corrected chi connectivity index (χ1v) is 5.93. The Morgan fingerprint density at radius 2 is 2.19 bits per heavy atom. The fourth-order valence-corrected chi connectivity index (χ4v) is 1.78. The normalized spacial score (nSPS) is 15.1. The van der Waals surface area contributed by atoms with Crippen molar-refractivity contribution in [2.75, 3.05) is 6.61 Å². The smallest absolute Gasteiger partial charge is 0.0951 e. The maximum Gasteiger partial charge on any atom is 0.0951 e. The van der Waals surface area contributed by atoms with Gasteiger partial charge in [-0.25, -0.2) is 4.98 Å². The Hall–Kier alpha value is -0.870. The van der Waals surface area contributed by atoms with Crippen molar-refractivity contribution in [2.24, 2.45) is 0 Å². The molecule has 0 aromatic carbocycles. The zero-order valence-electron chi connectivity index (χ0n) is 10.7. The van der Waals surface area contributed by atoms with E-state index in [9.17, 15) is 0 Å². The van der Waals surface area contributed by atoms with Gasteiger partial charge in [-0.1, -0.05) is 6.92 Å². The summed E-state index contributed by atoms with van der Waals surface area (Å²) in [6, 6.07) is 0.532. The molecule has 0 aliphatic heterocycles. The van der Waals surface area contributed by atoms with E-state index < -0.39 is 0 Å². The summed E-state index contributed by atoms with van der Waals surface area (Å²) < 4.78 is 2.15. The molecule has 1 aromatic heterocycles. The zero-order chi connectivity index (χ0) is 12.1. The highest BCUT2D eigenvalue weighted by atomic mass is 16.3. The molecule has 0 spiro atoms. The molecule has 0 saturated carbocycles. The molecule has 2 unspecified atom stereocenters. The highest BCUT2D eigenvalue weighted by Crippen LogP contribution is 2.05. The van der Waals surface area contributed by atoms with Crippen LogP contribution in [0.5, 0.6) is 0 Å². The van der Waals surface area contributed by atoms with E-state index in [-0.39, 0.29) is 12.6 Å². The standard InChI is InChI=1S/C12H23N3O/c1-5-12(7-16)14-9(2)6-15-8-13-10(3)11(15)4/h8-9,12,14,16H,5-7H2,1-4H3. The molecule has 0 radical (unpaired) electrons. The second-order valence-corrected chi connectivity index (χ2v) is 4.42. The van der Waals surface area contributed by atoms with E-state index >= 15 is 0 Å². The minimum atomic E-state index is 0.194. The van der Waals surface area contributed by atoms with E-state index in [4.69, 9.17) is 5.11 Å². The second kappa shape index (κ2) is 6.01. The van der Waals surface area contributed by atoms with E-state index in [0.717, 1.165) is 18.7 Å². The number of aliphatic hydroxyl groups is 1. The molecule has 16 heavy (non-hydrogen) atoms. The summed E-state index contributed by atoms with van der Waals surface area (Å²) in [6.45, 7) is 9.40. The number of nitrogens with one attached hydrogen (secondary N) is 1. The van der Waals surface area contributed by atoms with Crippen molar-refractivity contribution in [3.63, 3.8) is 0 Å². The van der Waals surface area contributed by atoms with Crippen LogP contribution in [0, 0.1) is 13.8 Å². The Labute approximate surface area is 97.7 Å². The van der Waals surface area contributed by atoms with Gasteiger partial charge in [0.15, 0.2) is 0 Å². The van der Waals surface area contributed by atoms with Gasteiger partial charge in [0.05, 0.1) is 18.6 Å². The Balaban J connectivity index is 2.51. The molecule has 1 rings (SSSR count). The van der Waals surface area contributed by atoms with Crippen LogP contribution >= 0.6 is 0 Å². The van der Waals surface area contributed by atoms with E-state index in [0.29, 0.717) is 6.04 Å². The van der Waals surface area contributed by atoms with Gasteiger partial charge in [0.25, 0.3) is 0 Å². The Morgan fingerprint density at radius 3 is 2.62 bits per heavy atom. The summed E-state index contributed by atoms with van der Waals surface area (Å²) >= 11 is 0. The van der Waals surface area contributed by atoms with Gasteiger partial charge >= 0.3 is 0 Å². The molecule has 0 aliphatic carbocycles. The third kappa shape index (κ3) is 3.32. The Morgan fingerprint density at radius 1 is 1.50 bits per heavy atom. The van der Waals surface area contributed by atoms with Gasteiger partial charge in [0.2, 0.25) is 0 Å². The van der Waals surface area contributed by atoms with Crippen molar-refractivity contribution in [2.45, 2.75) is 52.7 Å². The van der Waals surface area contributed by atoms with Crippen LogP contribution in [0.3, 0.4) is 0 Å². The summed E-state index contributed by atoms with van der Waals surface area (Å²) in [6.07, 6.45) is 2.82. The minimum absolute atomic E-state index is 0.194. The molecule has 1 aromatic rings. The average molecular weight is 225 g/mol. The van der Waals surface area contributed by atoms with E-state index in [1.54, 1.807) is 0 Å². The predicted molar refractivity (Wildman–Crippen MR) is 65.5 cm³/mol. The molecule has 92 valence electrons. The third-order valence-corrected chi connectivity index (χ3v) is 3.05. The van der Waals surface area contributed by atoms with Gasteiger partial charge in [-0.05, 0) is 27.2 Å². The predicted octanol–water partition coefficient (Wildman–Crippen LogP) is 1.25. The van der Waals surface area contributed by atoms with Crippen molar-refractivity contribution < 1.29 is 5.11 Å². The lowest BCUT2D eigenvalue weighted by Crippen LogP contribution is -2.40. The number of aliphatic hydroxyl groups excluding tert-OH is 1. The van der Waals surface area contributed by atoms with Crippen molar-refractivity contribution in [1.82, 2.24) is 14.9 Å². The SMILES string of the molecule is CCC(CO)NC(C)Cn1cnc(C)c1C. The fraction of sp³-hybridized carbons (Fsp3) is 0.750. The van der Waals surface area contributed by atoms with Crippen molar-refractivity contribution in [3.8, 4) is 0 Å². The maximum atomic E-state index is 9.12. The van der Waals surface area contributed by atoms with Crippen molar-refractivity contribution in [1.29, 1.82) is 0 Å². The lowest BCUT2D eigenvalue weighted by atomic mass is 10.2. The third-order valence-electron chi connectivity index (χ3n) is 3.05. The minimum Gasteiger partial charge on any atom is -0.395 e. The molecule has 0 amide bonds. The van der Waals surface area contributed by atoms with Crippen LogP contribution in [0.4, 0.5) is 0 Å². The van der Waals surface area contributed by atoms with Gasteiger partial charge in [0, 0.05) is 24.3 Å². The number of nitrogens with zero attached hydrogens (tertiary/aromatic N) is 2. The summed E-state index contributed by atoms with van der Waals surface area (Å²) in [7, 11) is 0. The molecule has 0 saturated heterocycles. The Bertz CT molecular complexity index is 318. The van der Waals surface area contributed by atoms with E-state index in [1.165, 1.54) is 5.69 Å². The first-order chi connectivity index (χ1) is 7.58. The van der Waals surface area contributed by atoms with Gasteiger partial charge in [0.1, 0.15) is 0 Å². The molecule has 1 heterocycles. The van der Waals surface area contributed by atoms with Crippen LogP contribution in [0.1, 0.15) is 31.7 Å². The molecule has 4 heteroatoms. The molecule has 2 N–H and O–H groups in total. The van der Waals surface area contributed by atoms with Gasteiger partial charge in [-0.3, -0.25) is 0 Å².